The van der Waals surface area contributed by atoms with Gasteiger partial charge in [0.15, 0.2) is 5.78 Å². The number of carbonyl (C=O) groups excluding carboxylic acids is 2. The van der Waals surface area contributed by atoms with Gasteiger partial charge >= 0.3 is 6.36 Å². The van der Waals surface area contributed by atoms with E-state index in [4.69, 9.17) is 4.42 Å². The maximum atomic E-state index is 12.6. The van der Waals surface area contributed by atoms with E-state index >= 15 is 0 Å². The predicted octanol–water partition coefficient (Wildman–Crippen LogP) is 4.03. The van der Waals surface area contributed by atoms with Crippen LogP contribution >= 0.6 is 0 Å². The molecule has 0 radical (unpaired) electrons. The van der Waals surface area contributed by atoms with Crippen LogP contribution in [0.1, 0.15) is 44.5 Å². The van der Waals surface area contributed by atoms with Crippen molar-refractivity contribution in [2.45, 2.75) is 25.1 Å². The first-order valence-electron chi connectivity index (χ1n) is 9.19. The van der Waals surface area contributed by atoms with E-state index in [1.54, 1.807) is 12.1 Å². The van der Waals surface area contributed by atoms with Crippen LogP contribution in [0.15, 0.2) is 57.9 Å². The average molecular weight is 432 g/mol. The molecule has 0 fully saturated rings. The first-order chi connectivity index (χ1) is 14.7. The zero-order valence-corrected chi connectivity index (χ0v) is 15.8. The third kappa shape index (κ3) is 4.52. The standard InChI is InChI=1S/C21H15F3N2O5/c22-21(23,24)31-13-5-3-12(4-6-13)25-19(28)15-10-14-16(26-20(15)29)8-11(9-17(14)27)18-2-1-7-30-18/h1-7,10-11H,8-9H2,(H,25,28)(H,26,29). The highest BCUT2D eigenvalue weighted by Gasteiger charge is 2.31. The van der Waals surface area contributed by atoms with Crippen molar-refractivity contribution in [3.63, 3.8) is 0 Å². The number of ketones is 1. The van der Waals surface area contributed by atoms with Gasteiger partial charge in [0.05, 0.1) is 6.26 Å². The Kier molecular flexibility index (Phi) is 5.14. The number of anilines is 1. The fourth-order valence-corrected chi connectivity index (χ4v) is 3.46. The van der Waals surface area contributed by atoms with E-state index in [1.807, 2.05) is 0 Å². The van der Waals surface area contributed by atoms with Crippen molar-refractivity contribution in [1.82, 2.24) is 4.98 Å². The molecule has 0 saturated carbocycles. The van der Waals surface area contributed by atoms with Crippen LogP contribution in [0.5, 0.6) is 5.75 Å². The van der Waals surface area contributed by atoms with Crippen molar-refractivity contribution in [3.8, 4) is 5.75 Å². The third-order valence-electron chi connectivity index (χ3n) is 4.84. The summed E-state index contributed by atoms with van der Waals surface area (Å²) < 4.78 is 45.8. The second-order valence-electron chi connectivity index (χ2n) is 6.97. The molecule has 2 heterocycles. The van der Waals surface area contributed by atoms with Crippen molar-refractivity contribution in [2.75, 3.05) is 5.32 Å². The molecule has 1 aliphatic carbocycles. The van der Waals surface area contributed by atoms with Gasteiger partial charge in [0.2, 0.25) is 0 Å². The number of fused-ring (bicyclic) bond motifs is 1. The minimum atomic E-state index is -4.83. The Hall–Kier alpha value is -3.82. The molecule has 10 heteroatoms. The van der Waals surface area contributed by atoms with Gasteiger partial charge in [0.1, 0.15) is 17.1 Å². The van der Waals surface area contributed by atoms with Crippen molar-refractivity contribution in [2.24, 2.45) is 0 Å². The minimum absolute atomic E-state index is 0.154. The molecule has 0 spiro atoms. The molecule has 160 valence electrons. The molecule has 4 rings (SSSR count). The number of furan rings is 1. The maximum absolute atomic E-state index is 12.6. The van der Waals surface area contributed by atoms with Crippen LogP contribution in [0.3, 0.4) is 0 Å². The normalized spacial score (nSPS) is 16.0. The molecule has 1 amide bonds. The van der Waals surface area contributed by atoms with E-state index in [1.165, 1.54) is 24.5 Å². The summed E-state index contributed by atoms with van der Waals surface area (Å²) in [7, 11) is 0. The molecule has 31 heavy (non-hydrogen) atoms. The van der Waals surface area contributed by atoms with Gasteiger partial charge in [-0.15, -0.1) is 13.2 Å². The van der Waals surface area contributed by atoms with Gasteiger partial charge in [-0.25, -0.2) is 0 Å². The summed E-state index contributed by atoms with van der Waals surface area (Å²) in [5.41, 5.74) is -0.129. The Bertz CT molecular complexity index is 1180. The number of H-pyrrole nitrogens is 1. The SMILES string of the molecule is O=C1CC(c2ccco2)Cc2[nH]c(=O)c(C(=O)Nc3ccc(OC(F)(F)F)cc3)cc21. The van der Waals surface area contributed by atoms with Gasteiger partial charge in [-0.3, -0.25) is 14.4 Å². The van der Waals surface area contributed by atoms with Crippen molar-refractivity contribution < 1.29 is 31.9 Å². The van der Waals surface area contributed by atoms with Gasteiger partial charge in [0.25, 0.3) is 11.5 Å². The second kappa shape index (κ2) is 7.78. The molecule has 2 aromatic heterocycles. The van der Waals surface area contributed by atoms with Crippen LogP contribution in [0, 0.1) is 0 Å². The van der Waals surface area contributed by atoms with Crippen molar-refractivity contribution >= 4 is 17.4 Å². The number of Topliss-reactive ketones (excluding diaryl/α,β-unsaturated/α-hetero) is 1. The topological polar surface area (TPSA) is 101 Å². The molecule has 1 aliphatic rings. The van der Waals surface area contributed by atoms with E-state index in [2.05, 4.69) is 15.0 Å². The number of benzene rings is 1. The highest BCUT2D eigenvalue weighted by atomic mass is 19.4. The van der Waals surface area contributed by atoms with E-state index in [0.29, 0.717) is 17.9 Å². The summed E-state index contributed by atoms with van der Waals surface area (Å²) in [4.78, 5) is 40.1. The van der Waals surface area contributed by atoms with E-state index in [9.17, 15) is 27.6 Å². The largest absolute Gasteiger partial charge is 0.573 e. The van der Waals surface area contributed by atoms with Crippen LogP contribution < -0.4 is 15.6 Å². The fraction of sp³-hybridized carbons (Fsp3) is 0.190. The lowest BCUT2D eigenvalue weighted by atomic mass is 9.84. The summed E-state index contributed by atoms with van der Waals surface area (Å²) >= 11 is 0. The zero-order chi connectivity index (χ0) is 22.2. The van der Waals surface area contributed by atoms with Gasteiger partial charge in [-0.2, -0.15) is 0 Å². The Morgan fingerprint density at radius 3 is 2.52 bits per heavy atom. The number of pyridine rings is 1. The Morgan fingerprint density at radius 2 is 1.87 bits per heavy atom. The number of nitrogens with one attached hydrogen (secondary N) is 2. The Morgan fingerprint density at radius 1 is 1.13 bits per heavy atom. The molecule has 2 N–H and O–H groups in total. The number of rotatable bonds is 4. The summed E-state index contributed by atoms with van der Waals surface area (Å²) in [5.74, 6) is -1.05. The van der Waals surface area contributed by atoms with Gasteiger partial charge in [-0.05, 0) is 48.9 Å². The molecule has 1 atom stereocenters. The van der Waals surface area contributed by atoms with Crippen LogP contribution in [-0.4, -0.2) is 23.0 Å². The highest BCUT2D eigenvalue weighted by molar-refractivity contribution is 6.06. The van der Waals surface area contributed by atoms with E-state index < -0.39 is 23.6 Å². The Labute approximate surface area is 172 Å². The lowest BCUT2D eigenvalue weighted by Gasteiger charge is -2.22. The average Bonchev–Trinajstić information content (AvgIpc) is 3.22. The minimum Gasteiger partial charge on any atom is -0.469 e. The molecule has 0 aliphatic heterocycles. The van der Waals surface area contributed by atoms with Crippen LogP contribution in [0.4, 0.5) is 18.9 Å². The van der Waals surface area contributed by atoms with Crippen LogP contribution in [0.2, 0.25) is 0 Å². The number of hydrogen-bond acceptors (Lipinski definition) is 5. The predicted molar refractivity (Wildman–Crippen MR) is 102 cm³/mol. The quantitative estimate of drug-likeness (QED) is 0.648. The molecule has 7 nitrogen and oxygen atoms in total. The highest BCUT2D eigenvalue weighted by Crippen LogP contribution is 2.32. The second-order valence-corrected chi connectivity index (χ2v) is 6.97. The summed E-state index contributed by atoms with van der Waals surface area (Å²) in [5, 5.41) is 2.42. The number of aromatic amines is 1. The third-order valence-corrected chi connectivity index (χ3v) is 4.84. The number of carbonyl (C=O) groups is 2. The maximum Gasteiger partial charge on any atom is 0.573 e. The molecular weight excluding hydrogens is 417 g/mol. The number of alkyl halides is 3. The number of aromatic nitrogens is 1. The van der Waals surface area contributed by atoms with Crippen molar-refractivity contribution in [3.05, 3.63) is 81.7 Å². The molecule has 0 saturated heterocycles. The smallest absolute Gasteiger partial charge is 0.469 e. The molecule has 1 unspecified atom stereocenters. The number of halogens is 3. The van der Waals surface area contributed by atoms with Crippen LogP contribution in [-0.2, 0) is 6.42 Å². The first kappa shape index (κ1) is 20.5. The van der Waals surface area contributed by atoms with E-state index in [-0.39, 0.29) is 34.9 Å². The lowest BCUT2D eigenvalue weighted by molar-refractivity contribution is -0.274. The van der Waals surface area contributed by atoms with Gasteiger partial charge in [-0.1, -0.05) is 0 Å². The molecule has 3 aromatic rings. The number of amides is 1. The number of hydrogen-bond donors (Lipinski definition) is 2. The number of ether oxygens (including phenoxy) is 1. The monoisotopic (exact) mass is 432 g/mol. The van der Waals surface area contributed by atoms with E-state index in [0.717, 1.165) is 12.1 Å². The summed E-state index contributed by atoms with van der Waals surface area (Å²) in [6.07, 6.45) is -2.77. The van der Waals surface area contributed by atoms with Crippen LogP contribution in [0.25, 0.3) is 0 Å². The molecular formula is C21H15F3N2O5. The van der Waals surface area contributed by atoms with Crippen molar-refractivity contribution in [1.29, 1.82) is 0 Å². The fourth-order valence-electron chi connectivity index (χ4n) is 3.46. The molecule has 0 bridgehead atoms. The van der Waals surface area contributed by atoms with Gasteiger partial charge < -0.3 is 19.5 Å². The first-order valence-corrected chi connectivity index (χ1v) is 9.19. The van der Waals surface area contributed by atoms with Gasteiger partial charge in [0, 0.05) is 29.3 Å². The lowest BCUT2D eigenvalue weighted by Crippen LogP contribution is -2.29. The Balaban J connectivity index is 1.53. The summed E-state index contributed by atoms with van der Waals surface area (Å²) in [6, 6.07) is 9.17. The zero-order valence-electron chi connectivity index (χ0n) is 15.8. The summed E-state index contributed by atoms with van der Waals surface area (Å²) in [6.45, 7) is 0. The molecule has 1 aromatic carbocycles.